The maximum absolute atomic E-state index is 12.9. The number of furan rings is 1. The van der Waals surface area contributed by atoms with Crippen LogP contribution in [0.15, 0.2) is 47.4 Å². The van der Waals surface area contributed by atoms with E-state index in [0.29, 0.717) is 35.4 Å². The molecule has 3 aromatic rings. The molecular formula is C27H31NO5. The van der Waals surface area contributed by atoms with Crippen LogP contribution in [0.3, 0.4) is 0 Å². The van der Waals surface area contributed by atoms with Gasteiger partial charge in [-0.3, -0.25) is 0 Å². The minimum atomic E-state index is -0.574. The van der Waals surface area contributed by atoms with Gasteiger partial charge in [0.05, 0.1) is 13.2 Å². The summed E-state index contributed by atoms with van der Waals surface area (Å²) in [5.74, 6) is -0.470. The van der Waals surface area contributed by atoms with Crippen molar-refractivity contribution in [3.8, 4) is 11.3 Å². The number of nitrogens with one attached hydrogen (secondary N) is 1. The monoisotopic (exact) mass is 449 g/mol. The summed E-state index contributed by atoms with van der Waals surface area (Å²) < 4.78 is 23.2. The van der Waals surface area contributed by atoms with Gasteiger partial charge in [-0.2, -0.15) is 0 Å². The molecule has 0 bridgehead atoms. The molecule has 1 unspecified atom stereocenters. The molecule has 0 saturated carbocycles. The second-order valence-electron chi connectivity index (χ2n) is 8.55. The molecule has 6 nitrogen and oxygen atoms in total. The first-order valence-electron chi connectivity index (χ1n) is 11.4. The third-order valence-electron chi connectivity index (χ3n) is 5.77. The molecule has 4 rings (SSSR count). The summed E-state index contributed by atoms with van der Waals surface area (Å²) in [7, 11) is 0. The minimum Gasteiger partial charge on any atom is -0.462 e. The van der Waals surface area contributed by atoms with Crippen molar-refractivity contribution in [2.45, 2.75) is 46.0 Å². The Hall–Kier alpha value is -3.09. The Morgan fingerprint density at radius 1 is 1.24 bits per heavy atom. The van der Waals surface area contributed by atoms with Crippen LogP contribution in [0.4, 0.5) is 5.69 Å². The van der Waals surface area contributed by atoms with Gasteiger partial charge in [-0.1, -0.05) is 43.8 Å². The van der Waals surface area contributed by atoms with Crippen LogP contribution >= 0.6 is 0 Å². The molecule has 0 spiro atoms. The molecule has 1 aliphatic rings. The molecule has 1 saturated heterocycles. The maximum atomic E-state index is 12.9. The Morgan fingerprint density at radius 3 is 2.61 bits per heavy atom. The third-order valence-corrected chi connectivity index (χ3v) is 5.77. The predicted octanol–water partition coefficient (Wildman–Crippen LogP) is 6.05. The first kappa shape index (κ1) is 23.1. The number of anilines is 1. The van der Waals surface area contributed by atoms with Crippen molar-refractivity contribution in [3.63, 3.8) is 0 Å². The van der Waals surface area contributed by atoms with Crippen LogP contribution < -0.4 is 5.32 Å². The Kier molecular flexibility index (Phi) is 6.58. The summed E-state index contributed by atoms with van der Waals surface area (Å²) in [4.78, 5) is 12.9. The zero-order valence-electron chi connectivity index (χ0n) is 19.7. The van der Waals surface area contributed by atoms with Crippen molar-refractivity contribution >= 4 is 28.7 Å². The zero-order valence-corrected chi connectivity index (χ0v) is 19.7. The highest BCUT2D eigenvalue weighted by Crippen LogP contribution is 2.37. The molecule has 33 heavy (non-hydrogen) atoms. The number of aryl methyl sites for hydroxylation is 1. The van der Waals surface area contributed by atoms with E-state index in [9.17, 15) is 4.79 Å². The Bertz CT molecular complexity index is 1160. The number of fused-ring (bicyclic) bond motifs is 1. The number of carbonyl (C=O) groups excluding carboxylic acids is 1. The first-order chi connectivity index (χ1) is 15.8. The molecule has 1 atom stereocenters. The fraction of sp³-hybridized carbons (Fsp3) is 0.370. The van der Waals surface area contributed by atoms with Gasteiger partial charge in [-0.15, -0.1) is 0 Å². The number of esters is 1. The highest BCUT2D eigenvalue weighted by molar-refractivity contribution is 6.10. The van der Waals surface area contributed by atoms with Crippen LogP contribution in [0.5, 0.6) is 0 Å². The molecular weight excluding hydrogens is 418 g/mol. The average molecular weight is 450 g/mol. The summed E-state index contributed by atoms with van der Waals surface area (Å²) >= 11 is 0. The van der Waals surface area contributed by atoms with Crippen molar-refractivity contribution in [1.29, 1.82) is 0 Å². The van der Waals surface area contributed by atoms with Crippen molar-refractivity contribution in [3.05, 3.63) is 59.7 Å². The Labute approximate surface area is 194 Å². The standard InChI is InChI=1S/C27H31NO5/c1-6-17-9-11-19(12-10-17)25-24(26(29)30-8-3)21-13-18(7-2)22(14-23(21)32-25)28-15-20-16-31-27(4,5)33-20/h7,9-14,20,28H,2,6,8,15-16H2,1,3-5H3. The minimum absolute atomic E-state index is 0.0623. The molecule has 1 aromatic heterocycles. The smallest absolute Gasteiger partial charge is 0.342 e. The van der Waals surface area contributed by atoms with E-state index in [1.54, 1.807) is 13.0 Å². The lowest BCUT2D eigenvalue weighted by Gasteiger charge is -2.18. The lowest BCUT2D eigenvalue weighted by atomic mass is 10.0. The van der Waals surface area contributed by atoms with Crippen molar-refractivity contribution in [2.24, 2.45) is 0 Å². The quantitative estimate of drug-likeness (QED) is 0.423. The van der Waals surface area contributed by atoms with Crippen LogP contribution in [-0.4, -0.2) is 37.6 Å². The number of carbonyl (C=O) groups is 1. The second kappa shape index (κ2) is 9.41. The van der Waals surface area contributed by atoms with Crippen LogP contribution in [-0.2, 0) is 20.6 Å². The number of rotatable bonds is 8. The van der Waals surface area contributed by atoms with Gasteiger partial charge in [0.15, 0.2) is 5.79 Å². The lowest BCUT2D eigenvalue weighted by molar-refractivity contribution is -0.136. The van der Waals surface area contributed by atoms with Gasteiger partial charge in [-0.25, -0.2) is 4.79 Å². The van der Waals surface area contributed by atoms with Crippen LogP contribution in [0.25, 0.3) is 28.4 Å². The van der Waals surface area contributed by atoms with Crippen molar-refractivity contribution in [2.75, 3.05) is 25.1 Å². The van der Waals surface area contributed by atoms with E-state index in [0.717, 1.165) is 23.2 Å². The summed E-state index contributed by atoms with van der Waals surface area (Å²) in [6.07, 6.45) is 2.64. The topological polar surface area (TPSA) is 69.9 Å². The SMILES string of the molecule is C=Cc1cc2c(C(=O)OCC)c(-c3ccc(CC)cc3)oc2cc1NCC1COC(C)(C)O1. The summed E-state index contributed by atoms with van der Waals surface area (Å²) in [5.41, 5.74) is 4.79. The molecule has 0 aliphatic carbocycles. The Balaban J connectivity index is 1.74. The first-order valence-corrected chi connectivity index (χ1v) is 11.4. The van der Waals surface area contributed by atoms with Gasteiger partial charge >= 0.3 is 5.97 Å². The number of hydrogen-bond donors (Lipinski definition) is 1. The van der Waals surface area contributed by atoms with E-state index in [-0.39, 0.29) is 12.7 Å². The van der Waals surface area contributed by atoms with E-state index in [1.807, 2.05) is 50.2 Å². The average Bonchev–Trinajstić information content (AvgIpc) is 3.36. The zero-order chi connectivity index (χ0) is 23.6. The highest BCUT2D eigenvalue weighted by Gasteiger charge is 2.32. The van der Waals surface area contributed by atoms with Gasteiger partial charge < -0.3 is 23.9 Å². The molecule has 0 amide bonds. The number of benzene rings is 2. The lowest BCUT2D eigenvalue weighted by Crippen LogP contribution is -2.26. The van der Waals surface area contributed by atoms with Crippen LogP contribution in [0.1, 0.15) is 49.2 Å². The molecule has 1 N–H and O–H groups in total. The van der Waals surface area contributed by atoms with E-state index in [4.69, 9.17) is 18.6 Å². The van der Waals surface area contributed by atoms with E-state index < -0.39 is 11.8 Å². The molecule has 2 aromatic carbocycles. The van der Waals surface area contributed by atoms with Crippen molar-refractivity contribution in [1.82, 2.24) is 0 Å². The fourth-order valence-electron chi connectivity index (χ4n) is 4.07. The van der Waals surface area contributed by atoms with Gasteiger partial charge in [0.2, 0.25) is 0 Å². The van der Waals surface area contributed by atoms with E-state index >= 15 is 0 Å². The van der Waals surface area contributed by atoms with E-state index in [2.05, 4.69) is 18.8 Å². The predicted molar refractivity (Wildman–Crippen MR) is 130 cm³/mol. The molecule has 1 fully saturated rings. The fourth-order valence-corrected chi connectivity index (χ4v) is 4.07. The number of ether oxygens (including phenoxy) is 3. The van der Waals surface area contributed by atoms with Gasteiger partial charge in [-0.05, 0) is 44.4 Å². The molecule has 6 heteroatoms. The summed E-state index contributed by atoms with van der Waals surface area (Å²) in [6, 6.07) is 11.9. The van der Waals surface area contributed by atoms with Gasteiger partial charge in [0, 0.05) is 29.2 Å². The highest BCUT2D eigenvalue weighted by atomic mass is 16.7. The molecule has 174 valence electrons. The largest absolute Gasteiger partial charge is 0.462 e. The maximum Gasteiger partial charge on any atom is 0.342 e. The normalized spacial score (nSPS) is 17.3. The van der Waals surface area contributed by atoms with E-state index in [1.165, 1.54) is 5.56 Å². The number of hydrogen-bond acceptors (Lipinski definition) is 6. The second-order valence-corrected chi connectivity index (χ2v) is 8.55. The third kappa shape index (κ3) is 4.82. The van der Waals surface area contributed by atoms with Crippen LogP contribution in [0.2, 0.25) is 0 Å². The Morgan fingerprint density at radius 2 is 2.00 bits per heavy atom. The van der Waals surface area contributed by atoms with Gasteiger partial charge in [0.25, 0.3) is 0 Å². The summed E-state index contributed by atoms with van der Waals surface area (Å²) in [5, 5.41) is 4.12. The van der Waals surface area contributed by atoms with Gasteiger partial charge in [0.1, 0.15) is 23.0 Å². The molecule has 1 aliphatic heterocycles. The van der Waals surface area contributed by atoms with Crippen molar-refractivity contribution < 1.29 is 23.4 Å². The van der Waals surface area contributed by atoms with Crippen LogP contribution in [0, 0.1) is 0 Å². The molecule has 0 radical (unpaired) electrons. The summed E-state index contributed by atoms with van der Waals surface area (Å²) in [6.45, 7) is 13.1. The molecule has 2 heterocycles.